The Balaban J connectivity index is 1.93. The number of aliphatic hydroxyl groups excluding tert-OH is 1. The van der Waals surface area contributed by atoms with E-state index in [4.69, 9.17) is 9.47 Å². The predicted molar refractivity (Wildman–Crippen MR) is 86.9 cm³/mol. The third-order valence-electron chi connectivity index (χ3n) is 3.39. The molecule has 1 atom stereocenters. The summed E-state index contributed by atoms with van der Waals surface area (Å²) in [5, 5.41) is 15.4. The number of aromatic nitrogens is 1. The van der Waals surface area contributed by atoms with Crippen LogP contribution in [0.25, 0.3) is 0 Å². The summed E-state index contributed by atoms with van der Waals surface area (Å²) in [6.45, 7) is 0.102. The van der Waals surface area contributed by atoms with Gasteiger partial charge in [-0.05, 0) is 12.1 Å². The molecule has 2 amide bonds. The molecule has 3 N–H and O–H groups in total. The molecule has 23 heavy (non-hydrogen) atoms. The molecule has 0 radical (unpaired) electrons. The fourth-order valence-electron chi connectivity index (χ4n) is 2.17. The number of nitrogens with zero attached hydrogens (tertiary/aromatic N) is 1. The minimum absolute atomic E-state index is 0.102. The molecular weight excluding hydrogens is 298 g/mol. The number of aliphatic hydroxyl groups is 1. The molecule has 0 fully saturated rings. The second-order valence-corrected chi connectivity index (χ2v) is 5.00. The number of aryl methyl sites for hydroxylation is 1. The average molecular weight is 319 g/mol. The van der Waals surface area contributed by atoms with Crippen molar-refractivity contribution in [1.29, 1.82) is 0 Å². The van der Waals surface area contributed by atoms with Gasteiger partial charge in [0.2, 0.25) is 0 Å². The molecular formula is C16H21N3O4. The van der Waals surface area contributed by atoms with Crippen LogP contribution in [0.5, 0.6) is 11.5 Å². The Morgan fingerprint density at radius 1 is 1.26 bits per heavy atom. The molecule has 2 aromatic rings. The molecule has 0 aliphatic heterocycles. The van der Waals surface area contributed by atoms with E-state index in [1.807, 2.05) is 19.3 Å². The van der Waals surface area contributed by atoms with Crippen molar-refractivity contribution < 1.29 is 19.4 Å². The first-order valence-corrected chi connectivity index (χ1v) is 7.10. The lowest BCUT2D eigenvalue weighted by atomic mass is 10.2. The van der Waals surface area contributed by atoms with E-state index in [0.29, 0.717) is 17.2 Å². The molecule has 0 aliphatic carbocycles. The topological polar surface area (TPSA) is 84.8 Å². The van der Waals surface area contributed by atoms with Gasteiger partial charge in [-0.3, -0.25) is 0 Å². The van der Waals surface area contributed by atoms with Crippen LogP contribution in [0.1, 0.15) is 11.8 Å². The lowest BCUT2D eigenvalue weighted by molar-refractivity contribution is 0.167. The van der Waals surface area contributed by atoms with Crippen molar-refractivity contribution in [1.82, 2.24) is 9.88 Å². The van der Waals surface area contributed by atoms with Crippen LogP contribution in [0.2, 0.25) is 0 Å². The van der Waals surface area contributed by atoms with Gasteiger partial charge in [0.25, 0.3) is 0 Å². The molecule has 0 spiro atoms. The molecule has 0 saturated heterocycles. The molecule has 124 valence electrons. The SMILES string of the molecule is COc1cc(NC(=O)NCC(O)c2cccn2C)cc(OC)c1. The lowest BCUT2D eigenvalue weighted by Gasteiger charge is -2.14. The summed E-state index contributed by atoms with van der Waals surface area (Å²) in [7, 11) is 4.91. The number of carbonyl (C=O) groups is 1. The van der Waals surface area contributed by atoms with Crippen LogP contribution in [0.15, 0.2) is 36.5 Å². The first-order chi connectivity index (χ1) is 11.0. The van der Waals surface area contributed by atoms with Crippen molar-refractivity contribution in [2.45, 2.75) is 6.10 Å². The minimum atomic E-state index is -0.777. The van der Waals surface area contributed by atoms with Crippen molar-refractivity contribution in [3.05, 3.63) is 42.2 Å². The maximum atomic E-state index is 11.9. The van der Waals surface area contributed by atoms with Gasteiger partial charge in [0.1, 0.15) is 17.6 Å². The summed E-state index contributed by atoms with van der Waals surface area (Å²) < 4.78 is 12.1. The summed E-state index contributed by atoms with van der Waals surface area (Å²) in [6, 6.07) is 8.28. The highest BCUT2D eigenvalue weighted by Crippen LogP contribution is 2.25. The summed E-state index contributed by atoms with van der Waals surface area (Å²) in [4.78, 5) is 11.9. The van der Waals surface area contributed by atoms with Gasteiger partial charge in [0.15, 0.2) is 0 Å². The smallest absolute Gasteiger partial charge is 0.319 e. The Morgan fingerprint density at radius 3 is 2.43 bits per heavy atom. The number of ether oxygens (including phenoxy) is 2. The fourth-order valence-corrected chi connectivity index (χ4v) is 2.17. The first-order valence-electron chi connectivity index (χ1n) is 7.10. The van der Waals surface area contributed by atoms with E-state index in [2.05, 4.69) is 10.6 Å². The van der Waals surface area contributed by atoms with Crippen molar-refractivity contribution in [2.24, 2.45) is 7.05 Å². The Morgan fingerprint density at radius 2 is 1.91 bits per heavy atom. The third-order valence-corrected chi connectivity index (χ3v) is 3.39. The highest BCUT2D eigenvalue weighted by Gasteiger charge is 2.12. The zero-order valence-electron chi connectivity index (χ0n) is 13.4. The van der Waals surface area contributed by atoms with Crippen LogP contribution < -0.4 is 20.1 Å². The summed E-state index contributed by atoms with van der Waals surface area (Å²) in [5.74, 6) is 1.15. The molecule has 0 aliphatic rings. The molecule has 1 aromatic carbocycles. The Kier molecular flexibility index (Phi) is 5.48. The number of methoxy groups -OCH3 is 2. The van der Waals surface area contributed by atoms with Crippen LogP contribution in [0.4, 0.5) is 10.5 Å². The lowest BCUT2D eigenvalue weighted by Crippen LogP contribution is -2.32. The van der Waals surface area contributed by atoms with Gasteiger partial charge in [-0.1, -0.05) is 0 Å². The van der Waals surface area contributed by atoms with Gasteiger partial charge in [0.05, 0.1) is 20.8 Å². The van der Waals surface area contributed by atoms with E-state index in [1.54, 1.807) is 28.8 Å². The van der Waals surface area contributed by atoms with Gasteiger partial charge in [-0.15, -0.1) is 0 Å². The minimum Gasteiger partial charge on any atom is -0.497 e. The third kappa shape index (κ3) is 4.40. The van der Waals surface area contributed by atoms with Crippen molar-refractivity contribution in [2.75, 3.05) is 26.1 Å². The number of nitrogens with one attached hydrogen (secondary N) is 2. The zero-order chi connectivity index (χ0) is 16.8. The predicted octanol–water partition coefficient (Wildman–Crippen LogP) is 1.90. The average Bonchev–Trinajstić information content (AvgIpc) is 2.98. The summed E-state index contributed by atoms with van der Waals surface area (Å²) in [6.07, 6.45) is 1.06. The number of anilines is 1. The van der Waals surface area contributed by atoms with Gasteiger partial charge < -0.3 is 29.8 Å². The van der Waals surface area contributed by atoms with Crippen molar-refractivity contribution in [3.63, 3.8) is 0 Å². The molecule has 2 rings (SSSR count). The molecule has 7 nitrogen and oxygen atoms in total. The first kappa shape index (κ1) is 16.7. The van der Waals surface area contributed by atoms with Gasteiger partial charge >= 0.3 is 6.03 Å². The van der Waals surface area contributed by atoms with Crippen LogP contribution in [-0.4, -0.2) is 36.5 Å². The molecule has 7 heteroatoms. The Hall–Kier alpha value is -2.67. The Bertz CT molecular complexity index is 647. The molecule has 0 saturated carbocycles. The number of hydrogen-bond donors (Lipinski definition) is 3. The molecule has 1 heterocycles. The highest BCUT2D eigenvalue weighted by atomic mass is 16.5. The second-order valence-electron chi connectivity index (χ2n) is 5.00. The van der Waals surface area contributed by atoms with E-state index in [-0.39, 0.29) is 6.54 Å². The van der Waals surface area contributed by atoms with Crippen molar-refractivity contribution >= 4 is 11.7 Å². The number of carbonyl (C=O) groups excluding carboxylic acids is 1. The Labute approximate surface area is 134 Å². The number of benzene rings is 1. The standard InChI is InChI=1S/C16H21N3O4/c1-19-6-4-5-14(19)15(20)10-17-16(21)18-11-7-12(22-2)9-13(8-11)23-3/h4-9,15,20H,10H2,1-3H3,(H2,17,18,21). The second kappa shape index (κ2) is 7.55. The van der Waals surface area contributed by atoms with E-state index in [9.17, 15) is 9.90 Å². The maximum absolute atomic E-state index is 11.9. The van der Waals surface area contributed by atoms with E-state index >= 15 is 0 Å². The normalized spacial score (nSPS) is 11.7. The number of amides is 2. The number of hydrogen-bond acceptors (Lipinski definition) is 4. The largest absolute Gasteiger partial charge is 0.497 e. The zero-order valence-corrected chi connectivity index (χ0v) is 13.4. The fraction of sp³-hybridized carbons (Fsp3) is 0.312. The van der Waals surface area contributed by atoms with Gasteiger partial charge in [-0.2, -0.15) is 0 Å². The van der Waals surface area contributed by atoms with E-state index in [0.717, 1.165) is 5.69 Å². The van der Waals surface area contributed by atoms with Gasteiger partial charge in [-0.25, -0.2) is 4.79 Å². The van der Waals surface area contributed by atoms with Crippen LogP contribution in [0, 0.1) is 0 Å². The van der Waals surface area contributed by atoms with Crippen molar-refractivity contribution in [3.8, 4) is 11.5 Å². The van der Waals surface area contributed by atoms with E-state index < -0.39 is 12.1 Å². The molecule has 1 unspecified atom stereocenters. The number of urea groups is 1. The van der Waals surface area contributed by atoms with Crippen LogP contribution in [-0.2, 0) is 7.05 Å². The van der Waals surface area contributed by atoms with Gasteiger partial charge in [0, 0.05) is 42.8 Å². The number of rotatable bonds is 6. The van der Waals surface area contributed by atoms with Crippen LogP contribution >= 0.6 is 0 Å². The summed E-state index contributed by atoms with van der Waals surface area (Å²) in [5.41, 5.74) is 1.26. The van der Waals surface area contributed by atoms with Crippen LogP contribution in [0.3, 0.4) is 0 Å². The maximum Gasteiger partial charge on any atom is 0.319 e. The monoisotopic (exact) mass is 319 g/mol. The quantitative estimate of drug-likeness (QED) is 0.759. The summed E-state index contributed by atoms with van der Waals surface area (Å²) >= 11 is 0. The van der Waals surface area contributed by atoms with E-state index in [1.165, 1.54) is 14.2 Å². The molecule has 0 bridgehead atoms. The highest BCUT2D eigenvalue weighted by molar-refractivity contribution is 5.89. The molecule has 1 aromatic heterocycles.